The number of nitrogens with one attached hydrogen (secondary N) is 1. The Morgan fingerprint density at radius 1 is 1.19 bits per heavy atom. The zero-order valence-electron chi connectivity index (χ0n) is 18.8. The van der Waals surface area contributed by atoms with Crippen LogP contribution in [0.1, 0.15) is 62.0 Å². The number of aromatic nitrogens is 2. The number of carbonyl (C=O) groups excluding carboxylic acids is 2. The molecular weight excluding hydrogens is 412 g/mol. The molecule has 1 saturated heterocycles. The van der Waals surface area contributed by atoms with Crippen molar-refractivity contribution in [3.05, 3.63) is 34.4 Å². The standard InChI is InChI=1S/C23H30N4O3S/c1-22(2)17(23(22,3)4)21(29)27-11-8-14(9-12-27)20-26-16(13-31-20)18(28)25-15-7-6-10-24-19(15)30-5/h6-7,10,13-14,17H,8-9,11-12H2,1-5H3,(H,25,28). The van der Waals surface area contributed by atoms with Crippen LogP contribution in [0.5, 0.6) is 5.88 Å². The van der Waals surface area contributed by atoms with E-state index in [1.165, 1.54) is 18.4 Å². The molecule has 31 heavy (non-hydrogen) atoms. The van der Waals surface area contributed by atoms with Gasteiger partial charge in [-0.2, -0.15) is 0 Å². The van der Waals surface area contributed by atoms with Crippen molar-refractivity contribution in [2.45, 2.75) is 46.5 Å². The van der Waals surface area contributed by atoms with Crippen molar-refractivity contribution in [1.29, 1.82) is 0 Å². The van der Waals surface area contributed by atoms with Gasteiger partial charge in [0.1, 0.15) is 11.4 Å². The molecule has 8 heteroatoms. The van der Waals surface area contributed by atoms with E-state index >= 15 is 0 Å². The van der Waals surface area contributed by atoms with Gasteiger partial charge in [0, 0.05) is 36.5 Å². The van der Waals surface area contributed by atoms with E-state index in [2.05, 4.69) is 43.0 Å². The summed E-state index contributed by atoms with van der Waals surface area (Å²) in [4.78, 5) is 36.3. The van der Waals surface area contributed by atoms with Crippen LogP contribution in [0, 0.1) is 16.7 Å². The number of pyridine rings is 1. The third-order valence-electron chi connectivity index (χ3n) is 7.39. The Labute approximate surface area is 187 Å². The third-order valence-corrected chi connectivity index (χ3v) is 8.40. The average Bonchev–Trinajstić information content (AvgIpc) is 3.09. The maximum absolute atomic E-state index is 13.0. The highest BCUT2D eigenvalue weighted by atomic mass is 32.1. The van der Waals surface area contributed by atoms with Crippen molar-refractivity contribution in [1.82, 2.24) is 14.9 Å². The Morgan fingerprint density at radius 3 is 2.48 bits per heavy atom. The molecule has 0 radical (unpaired) electrons. The molecule has 1 N–H and O–H groups in total. The van der Waals surface area contributed by atoms with Crippen molar-refractivity contribution < 1.29 is 14.3 Å². The van der Waals surface area contributed by atoms with Gasteiger partial charge >= 0.3 is 0 Å². The van der Waals surface area contributed by atoms with Gasteiger partial charge in [0.05, 0.1) is 12.1 Å². The molecular formula is C23H30N4O3S. The molecule has 2 amide bonds. The van der Waals surface area contributed by atoms with E-state index in [0.29, 0.717) is 17.3 Å². The van der Waals surface area contributed by atoms with Crippen LogP contribution in [0.2, 0.25) is 0 Å². The molecule has 0 atom stereocenters. The largest absolute Gasteiger partial charge is 0.480 e. The Morgan fingerprint density at radius 2 is 1.87 bits per heavy atom. The Kier molecular flexibility index (Phi) is 5.54. The second kappa shape index (κ2) is 7.89. The van der Waals surface area contributed by atoms with Crippen LogP contribution in [0.15, 0.2) is 23.7 Å². The predicted octanol–water partition coefficient (Wildman–Crippen LogP) is 4.19. The summed E-state index contributed by atoms with van der Waals surface area (Å²) in [6.07, 6.45) is 3.37. The summed E-state index contributed by atoms with van der Waals surface area (Å²) in [7, 11) is 1.52. The van der Waals surface area contributed by atoms with E-state index in [0.717, 1.165) is 30.9 Å². The fraction of sp³-hybridized carbons (Fsp3) is 0.565. The first kappa shape index (κ1) is 21.7. The van der Waals surface area contributed by atoms with Crippen LogP contribution in [0.4, 0.5) is 5.69 Å². The Hall–Kier alpha value is -2.48. The first-order chi connectivity index (χ1) is 14.7. The molecule has 1 aliphatic carbocycles. The van der Waals surface area contributed by atoms with Gasteiger partial charge in [-0.15, -0.1) is 11.3 Å². The van der Waals surface area contributed by atoms with Gasteiger partial charge < -0.3 is 15.0 Å². The average molecular weight is 443 g/mol. The molecule has 3 heterocycles. The number of nitrogens with zero attached hydrogens (tertiary/aromatic N) is 3. The highest BCUT2D eigenvalue weighted by Crippen LogP contribution is 2.68. The fourth-order valence-electron chi connectivity index (χ4n) is 4.76. The number of thiazole rings is 1. The van der Waals surface area contributed by atoms with E-state index in [-0.39, 0.29) is 34.5 Å². The molecule has 1 saturated carbocycles. The summed E-state index contributed by atoms with van der Waals surface area (Å²) in [6.45, 7) is 10.2. The lowest BCUT2D eigenvalue weighted by molar-refractivity contribution is -0.134. The fourth-order valence-corrected chi connectivity index (χ4v) is 5.73. The second-order valence-corrected chi connectivity index (χ2v) is 10.5. The minimum Gasteiger partial charge on any atom is -0.480 e. The molecule has 7 nitrogen and oxygen atoms in total. The predicted molar refractivity (Wildman–Crippen MR) is 120 cm³/mol. The van der Waals surface area contributed by atoms with Gasteiger partial charge in [-0.05, 0) is 35.8 Å². The van der Waals surface area contributed by atoms with Crippen molar-refractivity contribution in [3.63, 3.8) is 0 Å². The summed E-state index contributed by atoms with van der Waals surface area (Å²) >= 11 is 1.51. The minimum atomic E-state index is -0.278. The quantitative estimate of drug-likeness (QED) is 0.751. The molecule has 2 aromatic heterocycles. The number of hydrogen-bond donors (Lipinski definition) is 1. The molecule has 0 bridgehead atoms. The van der Waals surface area contributed by atoms with Crippen LogP contribution in [0.25, 0.3) is 0 Å². The van der Waals surface area contributed by atoms with E-state index in [1.807, 2.05) is 4.90 Å². The smallest absolute Gasteiger partial charge is 0.275 e. The normalized spacial score (nSPS) is 20.4. The zero-order valence-corrected chi connectivity index (χ0v) is 19.6. The lowest BCUT2D eigenvalue weighted by Crippen LogP contribution is -2.39. The van der Waals surface area contributed by atoms with Gasteiger partial charge in [-0.25, -0.2) is 9.97 Å². The van der Waals surface area contributed by atoms with E-state index < -0.39 is 0 Å². The number of anilines is 1. The van der Waals surface area contributed by atoms with Gasteiger partial charge in [0.15, 0.2) is 0 Å². The first-order valence-corrected chi connectivity index (χ1v) is 11.6. The number of likely N-dealkylation sites (tertiary alicyclic amines) is 1. The Bertz CT molecular complexity index is 978. The topological polar surface area (TPSA) is 84.4 Å². The zero-order chi connectivity index (χ0) is 22.4. The number of amides is 2. The third kappa shape index (κ3) is 3.82. The molecule has 4 rings (SSSR count). The summed E-state index contributed by atoms with van der Waals surface area (Å²) in [5.41, 5.74) is 1.04. The lowest BCUT2D eigenvalue weighted by atomic mass is 9.96. The number of carbonyl (C=O) groups is 2. The summed E-state index contributed by atoms with van der Waals surface area (Å²) < 4.78 is 5.18. The molecule has 1 aliphatic heterocycles. The molecule has 166 valence electrons. The summed E-state index contributed by atoms with van der Waals surface area (Å²) in [6, 6.07) is 3.48. The SMILES string of the molecule is COc1ncccc1NC(=O)c1csc(C2CCN(C(=O)C3C(C)(C)C3(C)C)CC2)n1. The number of rotatable bonds is 5. The second-order valence-electron chi connectivity index (χ2n) is 9.56. The van der Waals surface area contributed by atoms with Crippen molar-refractivity contribution in [2.75, 3.05) is 25.5 Å². The van der Waals surface area contributed by atoms with Crippen LogP contribution in [-0.4, -0.2) is 46.9 Å². The summed E-state index contributed by atoms with van der Waals surface area (Å²) in [5, 5.41) is 5.57. The molecule has 0 spiro atoms. The monoisotopic (exact) mass is 442 g/mol. The van der Waals surface area contributed by atoms with Crippen molar-refractivity contribution in [3.8, 4) is 5.88 Å². The van der Waals surface area contributed by atoms with Crippen molar-refractivity contribution in [2.24, 2.45) is 16.7 Å². The van der Waals surface area contributed by atoms with Gasteiger partial charge in [-0.1, -0.05) is 27.7 Å². The lowest BCUT2D eigenvalue weighted by Gasteiger charge is -2.31. The highest BCUT2D eigenvalue weighted by Gasteiger charge is 2.68. The number of methoxy groups -OCH3 is 1. The van der Waals surface area contributed by atoms with Crippen LogP contribution >= 0.6 is 11.3 Å². The molecule has 0 aromatic carbocycles. The van der Waals surface area contributed by atoms with Crippen LogP contribution in [0.3, 0.4) is 0 Å². The number of hydrogen-bond acceptors (Lipinski definition) is 6. The van der Waals surface area contributed by atoms with E-state index in [1.54, 1.807) is 23.7 Å². The molecule has 2 aromatic rings. The van der Waals surface area contributed by atoms with E-state index in [9.17, 15) is 9.59 Å². The van der Waals surface area contributed by atoms with Crippen LogP contribution < -0.4 is 10.1 Å². The molecule has 2 fully saturated rings. The van der Waals surface area contributed by atoms with Gasteiger partial charge in [0.2, 0.25) is 11.8 Å². The molecule has 0 unspecified atom stereocenters. The number of piperidine rings is 1. The van der Waals surface area contributed by atoms with Crippen LogP contribution in [-0.2, 0) is 4.79 Å². The molecule has 2 aliphatic rings. The highest BCUT2D eigenvalue weighted by molar-refractivity contribution is 7.10. The minimum absolute atomic E-state index is 0.0649. The first-order valence-electron chi connectivity index (χ1n) is 10.7. The Balaban J connectivity index is 1.35. The number of ether oxygens (including phenoxy) is 1. The maximum atomic E-state index is 13.0. The van der Waals surface area contributed by atoms with Crippen molar-refractivity contribution >= 4 is 28.8 Å². The van der Waals surface area contributed by atoms with E-state index in [4.69, 9.17) is 4.74 Å². The summed E-state index contributed by atoms with van der Waals surface area (Å²) in [5.74, 6) is 0.767. The maximum Gasteiger partial charge on any atom is 0.275 e. The van der Waals surface area contributed by atoms with Gasteiger partial charge in [-0.3, -0.25) is 9.59 Å². The van der Waals surface area contributed by atoms with Gasteiger partial charge in [0.25, 0.3) is 5.91 Å².